The molecule has 0 aromatic carbocycles. The van der Waals surface area contributed by atoms with Gasteiger partial charge in [0.1, 0.15) is 5.69 Å². The number of nitrogens with zero attached hydrogens (tertiary/aromatic N) is 1. The number of rotatable bonds is 3. The SMILES string of the molecule is CC(C)(Cc1cnc(C(F)(F)F)cc1N)NC(=O)O. The van der Waals surface area contributed by atoms with Crippen molar-refractivity contribution in [2.75, 3.05) is 5.73 Å². The van der Waals surface area contributed by atoms with E-state index in [9.17, 15) is 18.0 Å². The molecule has 1 aromatic heterocycles. The van der Waals surface area contributed by atoms with E-state index in [1.54, 1.807) is 13.8 Å². The van der Waals surface area contributed by atoms with Crippen LogP contribution in [0.4, 0.5) is 23.7 Å². The zero-order valence-electron chi connectivity index (χ0n) is 10.4. The van der Waals surface area contributed by atoms with Gasteiger partial charge in [-0.2, -0.15) is 13.2 Å². The highest BCUT2D eigenvalue weighted by molar-refractivity contribution is 5.65. The summed E-state index contributed by atoms with van der Waals surface area (Å²) in [5.41, 5.74) is 3.90. The summed E-state index contributed by atoms with van der Waals surface area (Å²) in [6, 6.07) is 0.742. The molecule has 5 nitrogen and oxygen atoms in total. The first-order valence-electron chi connectivity index (χ1n) is 5.34. The maximum absolute atomic E-state index is 12.4. The number of aromatic nitrogens is 1. The minimum atomic E-state index is -4.55. The van der Waals surface area contributed by atoms with Crippen molar-refractivity contribution in [3.8, 4) is 0 Å². The normalized spacial score (nSPS) is 12.3. The van der Waals surface area contributed by atoms with Crippen LogP contribution in [0.2, 0.25) is 0 Å². The van der Waals surface area contributed by atoms with E-state index >= 15 is 0 Å². The summed E-state index contributed by atoms with van der Waals surface area (Å²) >= 11 is 0. The predicted molar refractivity (Wildman–Crippen MR) is 62.6 cm³/mol. The van der Waals surface area contributed by atoms with E-state index in [1.165, 1.54) is 0 Å². The fourth-order valence-electron chi connectivity index (χ4n) is 1.61. The van der Waals surface area contributed by atoms with Crippen molar-refractivity contribution in [3.63, 3.8) is 0 Å². The number of amides is 1. The number of nitrogen functional groups attached to an aromatic ring is 1. The van der Waals surface area contributed by atoms with Crippen molar-refractivity contribution < 1.29 is 23.1 Å². The molecule has 0 bridgehead atoms. The van der Waals surface area contributed by atoms with Crippen LogP contribution in [0.25, 0.3) is 0 Å². The van der Waals surface area contributed by atoms with Gasteiger partial charge in [-0.1, -0.05) is 0 Å². The maximum atomic E-state index is 12.4. The molecule has 0 unspecified atom stereocenters. The first kappa shape index (κ1) is 15.1. The van der Waals surface area contributed by atoms with Crippen LogP contribution in [0, 0.1) is 0 Å². The number of anilines is 1. The highest BCUT2D eigenvalue weighted by Gasteiger charge is 2.33. The third kappa shape index (κ3) is 4.31. The number of hydrogen-bond acceptors (Lipinski definition) is 3. The summed E-state index contributed by atoms with van der Waals surface area (Å²) in [6.07, 6.45) is -4.62. The van der Waals surface area contributed by atoms with Gasteiger partial charge in [0.15, 0.2) is 0 Å². The highest BCUT2D eigenvalue weighted by atomic mass is 19.4. The number of pyridine rings is 1. The second-order valence-electron chi connectivity index (χ2n) is 4.76. The topological polar surface area (TPSA) is 88.2 Å². The van der Waals surface area contributed by atoms with Gasteiger partial charge in [0.25, 0.3) is 0 Å². The van der Waals surface area contributed by atoms with Gasteiger partial charge in [-0.3, -0.25) is 4.98 Å². The van der Waals surface area contributed by atoms with Gasteiger partial charge in [-0.05, 0) is 31.9 Å². The predicted octanol–water partition coefficient (Wildman–Crippen LogP) is 2.27. The molecule has 0 atom stereocenters. The van der Waals surface area contributed by atoms with Crippen LogP contribution in [0.15, 0.2) is 12.3 Å². The molecule has 1 aromatic rings. The summed E-state index contributed by atoms with van der Waals surface area (Å²) in [4.78, 5) is 13.9. The fourth-order valence-corrected chi connectivity index (χ4v) is 1.61. The first-order valence-corrected chi connectivity index (χ1v) is 5.34. The fraction of sp³-hybridized carbons (Fsp3) is 0.455. The molecule has 0 aliphatic rings. The van der Waals surface area contributed by atoms with Crippen LogP contribution < -0.4 is 11.1 Å². The Kier molecular flexibility index (Phi) is 3.92. The van der Waals surface area contributed by atoms with Crippen LogP contribution in [0.3, 0.4) is 0 Å². The standard InChI is InChI=1S/C11H14F3N3O2/c1-10(2,17-9(18)19)4-6-5-16-8(3-7(6)15)11(12,13)14/h3,5,17H,4H2,1-2H3,(H2,15,16)(H,18,19). The molecule has 1 heterocycles. The van der Waals surface area contributed by atoms with E-state index in [0.717, 1.165) is 12.3 Å². The van der Waals surface area contributed by atoms with E-state index < -0.39 is 23.5 Å². The number of hydrogen-bond donors (Lipinski definition) is 3. The summed E-state index contributed by atoms with van der Waals surface area (Å²) < 4.78 is 37.2. The number of carboxylic acid groups (broad SMARTS) is 1. The Morgan fingerprint density at radius 3 is 2.47 bits per heavy atom. The lowest BCUT2D eigenvalue weighted by Gasteiger charge is -2.25. The lowest BCUT2D eigenvalue weighted by molar-refractivity contribution is -0.141. The van der Waals surface area contributed by atoms with Crippen molar-refractivity contribution in [3.05, 3.63) is 23.5 Å². The van der Waals surface area contributed by atoms with Gasteiger partial charge in [0, 0.05) is 17.4 Å². The maximum Gasteiger partial charge on any atom is 0.433 e. The molecule has 8 heteroatoms. The molecule has 1 rings (SSSR count). The molecule has 1 amide bonds. The largest absolute Gasteiger partial charge is 0.465 e. The molecule has 4 N–H and O–H groups in total. The van der Waals surface area contributed by atoms with Crippen molar-refractivity contribution in [2.45, 2.75) is 32.0 Å². The summed E-state index contributed by atoms with van der Waals surface area (Å²) in [5.74, 6) is 0. The van der Waals surface area contributed by atoms with Gasteiger partial charge in [-0.15, -0.1) is 0 Å². The molecule has 19 heavy (non-hydrogen) atoms. The quantitative estimate of drug-likeness (QED) is 0.790. The van der Waals surface area contributed by atoms with Crippen LogP contribution in [-0.2, 0) is 12.6 Å². The van der Waals surface area contributed by atoms with Gasteiger partial charge < -0.3 is 16.2 Å². The van der Waals surface area contributed by atoms with Gasteiger partial charge in [0.05, 0.1) is 0 Å². The monoisotopic (exact) mass is 277 g/mol. The van der Waals surface area contributed by atoms with E-state index in [2.05, 4.69) is 10.3 Å². The van der Waals surface area contributed by atoms with Crippen LogP contribution in [0.5, 0.6) is 0 Å². The molecule has 0 aliphatic heterocycles. The average molecular weight is 277 g/mol. The smallest absolute Gasteiger partial charge is 0.433 e. The summed E-state index contributed by atoms with van der Waals surface area (Å²) in [7, 11) is 0. The molecule has 0 saturated carbocycles. The molecule has 0 saturated heterocycles. The van der Waals surface area contributed by atoms with E-state index in [1.807, 2.05) is 0 Å². The lowest BCUT2D eigenvalue weighted by Crippen LogP contribution is -2.44. The molecule has 0 aliphatic carbocycles. The number of nitrogens with one attached hydrogen (secondary N) is 1. The van der Waals surface area contributed by atoms with Crippen LogP contribution >= 0.6 is 0 Å². The zero-order valence-corrected chi connectivity index (χ0v) is 10.4. The van der Waals surface area contributed by atoms with Crippen molar-refractivity contribution in [1.29, 1.82) is 0 Å². The number of nitrogens with two attached hydrogens (primary N) is 1. The third-order valence-corrected chi connectivity index (χ3v) is 2.39. The minimum absolute atomic E-state index is 0.0670. The molecule has 106 valence electrons. The number of alkyl halides is 3. The number of halogens is 3. The second-order valence-corrected chi connectivity index (χ2v) is 4.76. The zero-order chi connectivity index (χ0) is 14.8. The Morgan fingerprint density at radius 1 is 1.47 bits per heavy atom. The van der Waals surface area contributed by atoms with E-state index in [-0.39, 0.29) is 12.1 Å². The second kappa shape index (κ2) is 4.94. The Morgan fingerprint density at radius 2 is 2.05 bits per heavy atom. The van der Waals surface area contributed by atoms with Crippen LogP contribution in [-0.4, -0.2) is 21.7 Å². The Hall–Kier alpha value is -1.99. The molecule has 0 spiro atoms. The molecule has 0 fully saturated rings. The highest BCUT2D eigenvalue weighted by Crippen LogP contribution is 2.30. The molecule has 0 radical (unpaired) electrons. The van der Waals surface area contributed by atoms with Gasteiger partial charge in [0.2, 0.25) is 0 Å². The summed E-state index contributed by atoms with van der Waals surface area (Å²) in [6.45, 7) is 3.19. The van der Waals surface area contributed by atoms with E-state index in [4.69, 9.17) is 10.8 Å². The van der Waals surface area contributed by atoms with E-state index in [0.29, 0.717) is 5.56 Å². The van der Waals surface area contributed by atoms with Crippen LogP contribution in [0.1, 0.15) is 25.1 Å². The summed E-state index contributed by atoms with van der Waals surface area (Å²) in [5, 5.41) is 10.9. The Bertz CT molecular complexity index is 487. The lowest BCUT2D eigenvalue weighted by atomic mass is 9.95. The minimum Gasteiger partial charge on any atom is -0.465 e. The first-order chi connectivity index (χ1) is 8.51. The Labute approximate surface area is 107 Å². The van der Waals surface area contributed by atoms with Crippen molar-refractivity contribution in [1.82, 2.24) is 10.3 Å². The Balaban J connectivity index is 2.95. The van der Waals surface area contributed by atoms with Gasteiger partial charge >= 0.3 is 12.3 Å². The van der Waals surface area contributed by atoms with Crippen molar-refractivity contribution in [2.24, 2.45) is 0 Å². The molecular weight excluding hydrogens is 263 g/mol. The number of carbonyl (C=O) groups is 1. The average Bonchev–Trinajstić information content (AvgIpc) is 2.16. The third-order valence-electron chi connectivity index (χ3n) is 2.39. The van der Waals surface area contributed by atoms with Crippen molar-refractivity contribution >= 4 is 11.8 Å². The molecular formula is C11H14F3N3O2. The van der Waals surface area contributed by atoms with Gasteiger partial charge in [-0.25, -0.2) is 4.79 Å².